The van der Waals surface area contributed by atoms with Gasteiger partial charge in [0.25, 0.3) is 0 Å². The van der Waals surface area contributed by atoms with Crippen LogP contribution >= 0.6 is 15.9 Å². The number of nitriles is 1. The average molecular weight is 401 g/mol. The highest BCUT2D eigenvalue weighted by atomic mass is 79.9. The number of carbonyl (C=O) groups is 1. The van der Waals surface area contributed by atoms with Gasteiger partial charge in [-0.15, -0.1) is 0 Å². The fourth-order valence-corrected chi connectivity index (χ4v) is 3.56. The maximum Gasteiger partial charge on any atom is 0.408 e. The molecule has 1 aliphatic rings. The van der Waals surface area contributed by atoms with Crippen LogP contribution in [0.3, 0.4) is 0 Å². The van der Waals surface area contributed by atoms with Crippen molar-refractivity contribution >= 4 is 22.0 Å². The molecule has 1 N–H and O–H groups in total. The van der Waals surface area contributed by atoms with Gasteiger partial charge < -0.3 is 10.1 Å². The summed E-state index contributed by atoms with van der Waals surface area (Å²) in [5.74, 6) is 0.105. The van der Waals surface area contributed by atoms with E-state index in [1.165, 1.54) is 0 Å². The standard InChI is InChI=1S/C18H17BrN4O2/c19-14-5-3-4-13(10-14)12-25-17(24)23-18(7-1-2-8-18)15-6-9-21-16(11-20)22-15/h3-6,9-10H,1-2,7-8,12H2,(H,23,24). The van der Waals surface area contributed by atoms with Gasteiger partial charge in [0.15, 0.2) is 0 Å². The summed E-state index contributed by atoms with van der Waals surface area (Å²) in [4.78, 5) is 20.5. The largest absolute Gasteiger partial charge is 0.445 e. The Morgan fingerprint density at radius 2 is 2.16 bits per heavy atom. The number of alkyl carbamates (subject to hydrolysis) is 1. The molecule has 0 unspecified atom stereocenters. The van der Waals surface area contributed by atoms with Gasteiger partial charge in [-0.2, -0.15) is 5.26 Å². The summed E-state index contributed by atoms with van der Waals surface area (Å²) in [5.41, 5.74) is 0.970. The first-order chi connectivity index (χ1) is 12.1. The van der Waals surface area contributed by atoms with Crippen LogP contribution in [0.1, 0.15) is 42.8 Å². The summed E-state index contributed by atoms with van der Waals surface area (Å²) in [6, 6.07) is 11.3. The third kappa shape index (κ3) is 4.15. The zero-order valence-electron chi connectivity index (χ0n) is 13.5. The van der Waals surface area contributed by atoms with Gasteiger partial charge in [0.2, 0.25) is 5.82 Å². The van der Waals surface area contributed by atoms with Crippen molar-refractivity contribution in [3.63, 3.8) is 0 Å². The molecular formula is C18H17BrN4O2. The first-order valence-electron chi connectivity index (χ1n) is 8.04. The van der Waals surface area contributed by atoms with Gasteiger partial charge in [-0.1, -0.05) is 40.9 Å². The molecule has 1 aromatic carbocycles. The fraction of sp³-hybridized carbons (Fsp3) is 0.333. The second-order valence-electron chi connectivity index (χ2n) is 6.00. The molecule has 3 rings (SSSR count). The van der Waals surface area contributed by atoms with Crippen molar-refractivity contribution in [3.8, 4) is 6.07 Å². The van der Waals surface area contributed by atoms with Crippen LogP contribution < -0.4 is 5.32 Å². The van der Waals surface area contributed by atoms with E-state index in [4.69, 9.17) is 10.00 Å². The van der Waals surface area contributed by atoms with E-state index in [0.717, 1.165) is 35.7 Å². The van der Waals surface area contributed by atoms with Gasteiger partial charge in [-0.3, -0.25) is 0 Å². The molecule has 0 spiro atoms. The molecule has 1 fully saturated rings. The summed E-state index contributed by atoms with van der Waals surface area (Å²) >= 11 is 3.40. The van der Waals surface area contributed by atoms with E-state index in [9.17, 15) is 4.79 Å². The van der Waals surface area contributed by atoms with E-state index in [-0.39, 0.29) is 12.4 Å². The van der Waals surface area contributed by atoms with E-state index < -0.39 is 11.6 Å². The van der Waals surface area contributed by atoms with E-state index in [1.807, 2.05) is 30.3 Å². The monoisotopic (exact) mass is 400 g/mol. The van der Waals surface area contributed by atoms with Crippen LogP contribution in [0.25, 0.3) is 0 Å². The minimum atomic E-state index is -0.594. The van der Waals surface area contributed by atoms with Crippen molar-refractivity contribution < 1.29 is 9.53 Å². The van der Waals surface area contributed by atoms with Gasteiger partial charge in [0.05, 0.1) is 11.2 Å². The molecule has 1 amide bonds. The Morgan fingerprint density at radius 3 is 2.88 bits per heavy atom. The number of ether oxygens (including phenoxy) is 1. The minimum Gasteiger partial charge on any atom is -0.445 e. The predicted octanol–water partition coefficient (Wildman–Crippen LogP) is 3.81. The van der Waals surface area contributed by atoms with E-state index >= 15 is 0 Å². The lowest BCUT2D eigenvalue weighted by Crippen LogP contribution is -2.44. The Bertz CT molecular complexity index is 813. The van der Waals surface area contributed by atoms with E-state index in [1.54, 1.807) is 12.3 Å². The number of hydrogen-bond acceptors (Lipinski definition) is 5. The molecular weight excluding hydrogens is 384 g/mol. The fourth-order valence-electron chi connectivity index (χ4n) is 3.11. The summed E-state index contributed by atoms with van der Waals surface area (Å²) in [6.45, 7) is 0.189. The van der Waals surface area contributed by atoms with Crippen LogP contribution in [0, 0.1) is 11.3 Å². The van der Waals surface area contributed by atoms with Crippen LogP contribution in [0.2, 0.25) is 0 Å². The number of rotatable bonds is 4. The Labute approximate surface area is 154 Å². The number of carbonyl (C=O) groups excluding carboxylic acids is 1. The number of amides is 1. The molecule has 0 radical (unpaired) electrons. The quantitative estimate of drug-likeness (QED) is 0.842. The number of nitrogens with zero attached hydrogens (tertiary/aromatic N) is 3. The lowest BCUT2D eigenvalue weighted by atomic mass is 9.93. The van der Waals surface area contributed by atoms with Crippen LogP contribution in [-0.4, -0.2) is 16.1 Å². The topological polar surface area (TPSA) is 87.9 Å². The number of aromatic nitrogens is 2. The molecule has 0 saturated heterocycles. The zero-order valence-corrected chi connectivity index (χ0v) is 15.1. The zero-order chi connectivity index (χ0) is 17.7. The molecule has 7 heteroatoms. The second kappa shape index (κ2) is 7.62. The van der Waals surface area contributed by atoms with Gasteiger partial charge in [-0.25, -0.2) is 14.8 Å². The van der Waals surface area contributed by atoms with Gasteiger partial charge >= 0.3 is 6.09 Å². The third-order valence-corrected chi connectivity index (χ3v) is 4.80. The van der Waals surface area contributed by atoms with Crippen LogP contribution in [0.4, 0.5) is 4.79 Å². The smallest absolute Gasteiger partial charge is 0.408 e. The minimum absolute atomic E-state index is 0.105. The summed E-state index contributed by atoms with van der Waals surface area (Å²) in [5, 5.41) is 12.0. The average Bonchev–Trinajstić information content (AvgIpc) is 3.10. The molecule has 2 aromatic rings. The normalized spacial score (nSPS) is 15.4. The molecule has 1 aromatic heterocycles. The number of nitrogens with one attached hydrogen (secondary N) is 1. The van der Waals surface area contributed by atoms with Crippen LogP contribution in [-0.2, 0) is 16.9 Å². The molecule has 1 heterocycles. The van der Waals surface area contributed by atoms with Crippen molar-refractivity contribution in [2.75, 3.05) is 0 Å². The van der Waals surface area contributed by atoms with Gasteiger partial charge in [-0.05, 0) is 36.6 Å². The van der Waals surface area contributed by atoms with Crippen molar-refractivity contribution in [1.82, 2.24) is 15.3 Å². The van der Waals surface area contributed by atoms with Gasteiger partial charge in [0.1, 0.15) is 12.7 Å². The number of benzene rings is 1. The molecule has 0 aliphatic heterocycles. The Balaban J connectivity index is 1.71. The summed E-state index contributed by atoms with van der Waals surface area (Å²) < 4.78 is 6.31. The lowest BCUT2D eigenvalue weighted by molar-refractivity contribution is 0.125. The van der Waals surface area contributed by atoms with Gasteiger partial charge in [0, 0.05) is 10.7 Å². The van der Waals surface area contributed by atoms with E-state index in [2.05, 4.69) is 31.2 Å². The molecule has 6 nitrogen and oxygen atoms in total. The van der Waals surface area contributed by atoms with Crippen LogP contribution in [0.15, 0.2) is 41.0 Å². The first kappa shape index (κ1) is 17.4. The Hall–Kier alpha value is -2.46. The molecule has 0 atom stereocenters. The lowest BCUT2D eigenvalue weighted by Gasteiger charge is -2.29. The highest BCUT2D eigenvalue weighted by Gasteiger charge is 2.39. The van der Waals surface area contributed by atoms with Crippen molar-refractivity contribution in [1.29, 1.82) is 5.26 Å². The highest BCUT2D eigenvalue weighted by molar-refractivity contribution is 9.10. The molecule has 1 aliphatic carbocycles. The first-order valence-corrected chi connectivity index (χ1v) is 8.84. The van der Waals surface area contributed by atoms with Crippen molar-refractivity contribution in [2.45, 2.75) is 37.8 Å². The number of halogens is 1. The second-order valence-corrected chi connectivity index (χ2v) is 6.91. The molecule has 25 heavy (non-hydrogen) atoms. The molecule has 128 valence electrons. The van der Waals surface area contributed by atoms with Crippen molar-refractivity contribution in [2.24, 2.45) is 0 Å². The number of hydrogen-bond donors (Lipinski definition) is 1. The maximum absolute atomic E-state index is 12.3. The SMILES string of the molecule is N#Cc1nccc(C2(NC(=O)OCc3cccc(Br)c3)CCCC2)n1. The Kier molecular flexibility index (Phi) is 5.29. The molecule has 1 saturated carbocycles. The third-order valence-electron chi connectivity index (χ3n) is 4.30. The predicted molar refractivity (Wildman–Crippen MR) is 94.4 cm³/mol. The van der Waals surface area contributed by atoms with Crippen LogP contribution in [0.5, 0.6) is 0 Å². The molecule has 0 bridgehead atoms. The Morgan fingerprint density at radius 1 is 1.36 bits per heavy atom. The summed E-state index contributed by atoms with van der Waals surface area (Å²) in [7, 11) is 0. The maximum atomic E-state index is 12.3. The van der Waals surface area contributed by atoms with Crippen molar-refractivity contribution in [3.05, 3.63) is 58.1 Å². The summed E-state index contributed by atoms with van der Waals surface area (Å²) in [6.07, 6.45) is 4.56. The highest BCUT2D eigenvalue weighted by Crippen LogP contribution is 2.37. The van der Waals surface area contributed by atoms with E-state index in [0.29, 0.717) is 5.69 Å².